The summed E-state index contributed by atoms with van der Waals surface area (Å²) in [6.45, 7) is 0. The fourth-order valence-corrected chi connectivity index (χ4v) is 2.98. The van der Waals surface area contributed by atoms with E-state index in [0.717, 1.165) is 5.56 Å². The predicted octanol–water partition coefficient (Wildman–Crippen LogP) is 2.90. The van der Waals surface area contributed by atoms with Crippen LogP contribution in [0.15, 0.2) is 42.5 Å². The molecule has 2 unspecified atom stereocenters. The van der Waals surface area contributed by atoms with Crippen molar-refractivity contribution in [3.63, 3.8) is 0 Å². The molecule has 1 fully saturated rings. The van der Waals surface area contributed by atoms with E-state index in [2.05, 4.69) is 16.2 Å². The summed E-state index contributed by atoms with van der Waals surface area (Å²) in [5.41, 5.74) is 7.84. The van der Waals surface area contributed by atoms with Crippen LogP contribution in [0, 0.1) is 0 Å². The van der Waals surface area contributed by atoms with Gasteiger partial charge >= 0.3 is 0 Å². The van der Waals surface area contributed by atoms with Crippen LogP contribution >= 0.6 is 11.6 Å². The van der Waals surface area contributed by atoms with E-state index in [0.29, 0.717) is 28.6 Å². The number of anilines is 1. The Balaban J connectivity index is 1.66. The predicted molar refractivity (Wildman–Crippen MR) is 97.0 cm³/mol. The van der Waals surface area contributed by atoms with Gasteiger partial charge in [-0.3, -0.25) is 4.79 Å². The largest absolute Gasteiger partial charge is 0.497 e. The molecule has 3 N–H and O–H groups in total. The van der Waals surface area contributed by atoms with Crippen molar-refractivity contribution in [3.05, 3.63) is 53.1 Å². The Morgan fingerprint density at radius 3 is 2.48 bits per heavy atom. The Morgan fingerprint density at radius 1 is 1.12 bits per heavy atom. The lowest BCUT2D eigenvalue weighted by atomic mass is 10.0. The Morgan fingerprint density at radius 2 is 1.84 bits per heavy atom. The molecule has 0 aliphatic carbocycles. The molecule has 0 radical (unpaired) electrons. The average molecular weight is 362 g/mol. The van der Waals surface area contributed by atoms with Gasteiger partial charge in [-0.25, -0.2) is 10.9 Å². The molecule has 25 heavy (non-hydrogen) atoms. The maximum atomic E-state index is 12.5. The van der Waals surface area contributed by atoms with Crippen LogP contribution in [0.25, 0.3) is 0 Å². The summed E-state index contributed by atoms with van der Waals surface area (Å²) in [5.74, 6) is 1.10. The van der Waals surface area contributed by atoms with Crippen LogP contribution in [0.4, 0.5) is 5.69 Å². The molecule has 2 aromatic rings. The van der Waals surface area contributed by atoms with Crippen LogP contribution in [0.1, 0.15) is 18.0 Å². The lowest BCUT2D eigenvalue weighted by Crippen LogP contribution is -2.39. The van der Waals surface area contributed by atoms with E-state index < -0.39 is 0 Å². The first-order chi connectivity index (χ1) is 12.1. The highest BCUT2D eigenvalue weighted by atomic mass is 35.5. The molecular weight excluding hydrogens is 342 g/mol. The van der Waals surface area contributed by atoms with Crippen LogP contribution in [0.3, 0.4) is 0 Å². The SMILES string of the molecule is COc1cc(NC(=O)C2CC(c3cccc(Cl)c3)NN2)cc(OC)c1. The smallest absolute Gasteiger partial charge is 0.242 e. The number of nitrogens with one attached hydrogen (secondary N) is 3. The number of amides is 1. The molecule has 7 heteroatoms. The van der Waals surface area contributed by atoms with Crippen molar-refractivity contribution in [2.45, 2.75) is 18.5 Å². The zero-order valence-corrected chi connectivity index (χ0v) is 14.8. The molecule has 3 rings (SSSR count). The minimum Gasteiger partial charge on any atom is -0.497 e. The van der Waals surface area contributed by atoms with E-state index in [1.165, 1.54) is 0 Å². The molecule has 6 nitrogen and oxygen atoms in total. The van der Waals surface area contributed by atoms with Gasteiger partial charge in [0, 0.05) is 35.0 Å². The van der Waals surface area contributed by atoms with Gasteiger partial charge in [0.05, 0.1) is 14.2 Å². The molecule has 0 bridgehead atoms. The van der Waals surface area contributed by atoms with Crippen molar-refractivity contribution < 1.29 is 14.3 Å². The normalized spacial score (nSPS) is 19.5. The van der Waals surface area contributed by atoms with Crippen molar-refractivity contribution >= 4 is 23.2 Å². The number of hydrogen-bond acceptors (Lipinski definition) is 5. The molecule has 2 atom stereocenters. The van der Waals surface area contributed by atoms with Gasteiger partial charge in [-0.1, -0.05) is 23.7 Å². The molecule has 0 spiro atoms. The highest BCUT2D eigenvalue weighted by Gasteiger charge is 2.30. The number of ether oxygens (including phenoxy) is 2. The van der Waals surface area contributed by atoms with E-state index in [-0.39, 0.29) is 18.0 Å². The van der Waals surface area contributed by atoms with Crippen LogP contribution in [0.5, 0.6) is 11.5 Å². The van der Waals surface area contributed by atoms with E-state index >= 15 is 0 Å². The summed E-state index contributed by atoms with van der Waals surface area (Å²) in [7, 11) is 3.14. The number of carbonyl (C=O) groups is 1. The Bertz CT molecular complexity index is 747. The van der Waals surface area contributed by atoms with Crippen LogP contribution in [-0.4, -0.2) is 26.2 Å². The number of methoxy groups -OCH3 is 2. The molecular formula is C18H20ClN3O3. The zero-order valence-electron chi connectivity index (χ0n) is 14.0. The third kappa shape index (κ3) is 4.22. The second-order valence-electron chi connectivity index (χ2n) is 5.78. The van der Waals surface area contributed by atoms with Gasteiger partial charge in [0.1, 0.15) is 17.5 Å². The summed E-state index contributed by atoms with van der Waals surface area (Å²) in [6, 6.07) is 12.5. The highest BCUT2D eigenvalue weighted by molar-refractivity contribution is 6.30. The number of hydrogen-bond donors (Lipinski definition) is 3. The zero-order chi connectivity index (χ0) is 17.8. The molecule has 1 saturated heterocycles. The van der Waals surface area contributed by atoms with Crippen molar-refractivity contribution in [2.75, 3.05) is 19.5 Å². The van der Waals surface area contributed by atoms with Gasteiger partial charge in [0.15, 0.2) is 0 Å². The van der Waals surface area contributed by atoms with Gasteiger partial charge in [-0.15, -0.1) is 0 Å². The monoisotopic (exact) mass is 361 g/mol. The highest BCUT2D eigenvalue weighted by Crippen LogP contribution is 2.28. The number of halogens is 1. The standard InChI is InChI=1S/C18H20ClN3O3/c1-24-14-7-13(8-15(9-14)25-2)20-18(23)17-10-16(21-22-17)11-4-3-5-12(19)6-11/h3-9,16-17,21-22H,10H2,1-2H3,(H,20,23). The molecule has 132 valence electrons. The van der Waals surface area contributed by atoms with E-state index in [9.17, 15) is 4.79 Å². The Labute approximate surface area is 151 Å². The fourth-order valence-electron chi connectivity index (χ4n) is 2.78. The van der Waals surface area contributed by atoms with E-state index in [1.807, 2.05) is 24.3 Å². The first kappa shape index (κ1) is 17.5. The molecule has 1 heterocycles. The maximum absolute atomic E-state index is 12.5. The number of rotatable bonds is 5. The molecule has 0 aromatic heterocycles. The average Bonchev–Trinajstić information content (AvgIpc) is 3.11. The van der Waals surface area contributed by atoms with Gasteiger partial charge in [-0.05, 0) is 24.1 Å². The molecule has 0 saturated carbocycles. The Kier molecular flexibility index (Phi) is 5.43. The van der Waals surface area contributed by atoms with Gasteiger partial charge in [-0.2, -0.15) is 0 Å². The quantitative estimate of drug-likeness (QED) is 0.763. The minimum atomic E-state index is -0.360. The number of carbonyl (C=O) groups excluding carboxylic acids is 1. The molecule has 1 amide bonds. The van der Waals surface area contributed by atoms with E-state index in [4.69, 9.17) is 21.1 Å². The van der Waals surface area contributed by atoms with Gasteiger partial charge in [0.25, 0.3) is 0 Å². The van der Waals surface area contributed by atoms with Gasteiger partial charge < -0.3 is 14.8 Å². The van der Waals surface area contributed by atoms with Crippen LogP contribution in [0.2, 0.25) is 5.02 Å². The third-order valence-electron chi connectivity index (χ3n) is 4.09. The molecule has 2 aromatic carbocycles. The molecule has 1 aliphatic rings. The second-order valence-corrected chi connectivity index (χ2v) is 6.21. The van der Waals surface area contributed by atoms with Crippen molar-refractivity contribution in [3.8, 4) is 11.5 Å². The minimum absolute atomic E-state index is 0.0225. The fraction of sp³-hybridized carbons (Fsp3) is 0.278. The van der Waals surface area contributed by atoms with Gasteiger partial charge in [0.2, 0.25) is 5.91 Å². The Hall–Kier alpha value is -2.28. The lowest BCUT2D eigenvalue weighted by Gasteiger charge is -2.13. The first-order valence-corrected chi connectivity index (χ1v) is 8.27. The lowest BCUT2D eigenvalue weighted by molar-refractivity contribution is -0.117. The summed E-state index contributed by atoms with van der Waals surface area (Å²) in [5, 5.41) is 3.57. The maximum Gasteiger partial charge on any atom is 0.242 e. The van der Waals surface area contributed by atoms with Crippen LogP contribution < -0.4 is 25.6 Å². The summed E-state index contributed by atoms with van der Waals surface area (Å²) < 4.78 is 10.4. The first-order valence-electron chi connectivity index (χ1n) is 7.89. The topological polar surface area (TPSA) is 71.6 Å². The van der Waals surface area contributed by atoms with Crippen molar-refractivity contribution in [1.82, 2.24) is 10.9 Å². The number of hydrazine groups is 1. The van der Waals surface area contributed by atoms with E-state index in [1.54, 1.807) is 32.4 Å². The second kappa shape index (κ2) is 7.74. The van der Waals surface area contributed by atoms with Crippen molar-refractivity contribution in [1.29, 1.82) is 0 Å². The van der Waals surface area contributed by atoms with Crippen molar-refractivity contribution in [2.24, 2.45) is 0 Å². The number of benzene rings is 2. The summed E-state index contributed by atoms with van der Waals surface area (Å²) in [6.07, 6.45) is 0.618. The molecule has 1 aliphatic heterocycles. The summed E-state index contributed by atoms with van der Waals surface area (Å²) >= 11 is 6.04. The third-order valence-corrected chi connectivity index (χ3v) is 4.32. The summed E-state index contributed by atoms with van der Waals surface area (Å²) in [4.78, 5) is 12.5. The van der Waals surface area contributed by atoms with Crippen LogP contribution in [-0.2, 0) is 4.79 Å².